The highest BCUT2D eigenvalue weighted by Gasteiger charge is 2.56. The summed E-state index contributed by atoms with van der Waals surface area (Å²) in [6, 6.07) is 7.52. The zero-order valence-electron chi connectivity index (χ0n) is 21.9. The number of hydrogen-bond donors (Lipinski definition) is 0. The average molecular weight is 537 g/mol. The monoisotopic (exact) mass is 536 g/mol. The number of methoxy groups -OCH3 is 1. The zero-order chi connectivity index (χ0) is 28.0. The number of carbonyl (C=O) groups is 5. The van der Waals surface area contributed by atoms with Crippen molar-refractivity contribution in [2.24, 2.45) is 0 Å². The third kappa shape index (κ3) is 7.12. The second-order valence-electron chi connectivity index (χ2n) is 8.77. The molecule has 3 rings (SSSR count). The van der Waals surface area contributed by atoms with E-state index in [-0.39, 0.29) is 0 Å². The number of benzene rings is 1. The number of anilines is 1. The molecule has 13 heteroatoms. The number of amides is 1. The topological polar surface area (TPSA) is 147 Å². The number of hydrogen-bond acceptors (Lipinski definition) is 12. The molecule has 0 radical (unpaired) electrons. The van der Waals surface area contributed by atoms with Gasteiger partial charge in [0.1, 0.15) is 5.75 Å². The summed E-state index contributed by atoms with van der Waals surface area (Å²) in [4.78, 5) is 64.7. The van der Waals surface area contributed by atoms with E-state index < -0.39 is 60.5 Å². The minimum absolute atomic E-state index is 0.307. The minimum atomic E-state index is -1.60. The van der Waals surface area contributed by atoms with Gasteiger partial charge in [0.2, 0.25) is 12.4 Å². The Morgan fingerprint density at radius 1 is 0.711 bits per heavy atom. The first kappa shape index (κ1) is 28.7. The standard InChI is InChI=1S/C25H32N2O11/c1-14(28)34-20-21(35-15(2)29)23(36-16(3)30)25(37-17(4)31)38-22(20)24(32)27-12-10-26(11-13-27)18-6-8-19(33-5)9-7-18/h6-9,20-23,25H,10-13H2,1-5H3/t20-,21-,22-,23+,25+/m0/s1. The van der Waals surface area contributed by atoms with Crippen LogP contribution >= 0.6 is 0 Å². The number of piperazine rings is 1. The zero-order valence-corrected chi connectivity index (χ0v) is 21.9. The van der Waals surface area contributed by atoms with Crippen LogP contribution in [-0.2, 0) is 47.7 Å². The lowest BCUT2D eigenvalue weighted by atomic mass is 9.96. The van der Waals surface area contributed by atoms with E-state index in [1.807, 2.05) is 24.3 Å². The molecule has 13 nitrogen and oxygen atoms in total. The first-order valence-electron chi connectivity index (χ1n) is 12.0. The van der Waals surface area contributed by atoms with Crippen LogP contribution in [-0.4, -0.2) is 98.7 Å². The van der Waals surface area contributed by atoms with Crippen LogP contribution < -0.4 is 9.64 Å². The van der Waals surface area contributed by atoms with Gasteiger partial charge < -0.3 is 38.2 Å². The van der Waals surface area contributed by atoms with Crippen molar-refractivity contribution in [1.29, 1.82) is 0 Å². The summed E-state index contributed by atoms with van der Waals surface area (Å²) < 4.78 is 32.1. The van der Waals surface area contributed by atoms with E-state index in [1.54, 1.807) is 7.11 Å². The predicted molar refractivity (Wildman–Crippen MR) is 129 cm³/mol. The fraction of sp³-hybridized carbons (Fsp3) is 0.560. The molecule has 208 valence electrons. The Bertz CT molecular complexity index is 1040. The molecule has 2 saturated heterocycles. The molecule has 0 spiro atoms. The number of ether oxygens (including phenoxy) is 6. The van der Waals surface area contributed by atoms with E-state index in [0.717, 1.165) is 39.1 Å². The Morgan fingerprint density at radius 3 is 1.71 bits per heavy atom. The Hall–Kier alpha value is -3.87. The molecule has 0 unspecified atom stereocenters. The summed E-state index contributed by atoms with van der Waals surface area (Å²) >= 11 is 0. The maximum absolute atomic E-state index is 13.6. The van der Waals surface area contributed by atoms with E-state index in [9.17, 15) is 24.0 Å². The lowest BCUT2D eigenvalue weighted by Crippen LogP contribution is -2.66. The van der Waals surface area contributed by atoms with Crippen molar-refractivity contribution in [1.82, 2.24) is 4.90 Å². The molecule has 5 atom stereocenters. The van der Waals surface area contributed by atoms with E-state index in [0.29, 0.717) is 26.2 Å². The van der Waals surface area contributed by atoms with Crippen LogP contribution in [0.15, 0.2) is 24.3 Å². The van der Waals surface area contributed by atoms with Crippen molar-refractivity contribution in [2.75, 3.05) is 38.2 Å². The van der Waals surface area contributed by atoms with Crippen LogP contribution in [0.1, 0.15) is 27.7 Å². The third-order valence-corrected chi connectivity index (χ3v) is 5.96. The summed E-state index contributed by atoms with van der Waals surface area (Å²) in [7, 11) is 1.59. The molecule has 0 aliphatic carbocycles. The maximum Gasteiger partial charge on any atom is 0.305 e. The van der Waals surface area contributed by atoms with Gasteiger partial charge in [0, 0.05) is 59.6 Å². The highest BCUT2D eigenvalue weighted by molar-refractivity contribution is 5.83. The highest BCUT2D eigenvalue weighted by atomic mass is 16.7. The highest BCUT2D eigenvalue weighted by Crippen LogP contribution is 2.31. The summed E-state index contributed by atoms with van der Waals surface area (Å²) in [6.45, 7) is 6.01. The van der Waals surface area contributed by atoms with Gasteiger partial charge in [-0.1, -0.05) is 0 Å². The normalized spacial score (nSPS) is 25.1. The molecule has 38 heavy (non-hydrogen) atoms. The van der Waals surface area contributed by atoms with E-state index in [2.05, 4.69) is 4.90 Å². The summed E-state index contributed by atoms with van der Waals surface area (Å²) in [5.41, 5.74) is 0.957. The summed E-state index contributed by atoms with van der Waals surface area (Å²) in [5.74, 6) is -3.02. The van der Waals surface area contributed by atoms with Gasteiger partial charge in [-0.3, -0.25) is 24.0 Å². The fourth-order valence-electron chi connectivity index (χ4n) is 4.39. The van der Waals surface area contributed by atoms with E-state index in [1.165, 1.54) is 4.90 Å². The Labute approximate surface area is 219 Å². The number of rotatable bonds is 7. The first-order valence-corrected chi connectivity index (χ1v) is 12.0. The van der Waals surface area contributed by atoms with Crippen molar-refractivity contribution in [3.8, 4) is 5.75 Å². The minimum Gasteiger partial charge on any atom is -0.497 e. The molecule has 2 aliphatic rings. The first-order chi connectivity index (χ1) is 18.0. The fourth-order valence-corrected chi connectivity index (χ4v) is 4.39. The van der Waals surface area contributed by atoms with Gasteiger partial charge in [0.05, 0.1) is 7.11 Å². The number of nitrogens with zero attached hydrogens (tertiary/aromatic N) is 2. The van der Waals surface area contributed by atoms with Gasteiger partial charge >= 0.3 is 23.9 Å². The Morgan fingerprint density at radius 2 is 1.21 bits per heavy atom. The van der Waals surface area contributed by atoms with Crippen LogP contribution in [0.25, 0.3) is 0 Å². The average Bonchev–Trinajstić information content (AvgIpc) is 2.86. The van der Waals surface area contributed by atoms with Gasteiger partial charge in [-0.2, -0.15) is 0 Å². The largest absolute Gasteiger partial charge is 0.497 e. The number of carbonyl (C=O) groups excluding carboxylic acids is 5. The van der Waals surface area contributed by atoms with Crippen LogP contribution in [0, 0.1) is 0 Å². The van der Waals surface area contributed by atoms with Crippen molar-refractivity contribution in [2.45, 2.75) is 58.4 Å². The summed E-state index contributed by atoms with van der Waals surface area (Å²) in [6.07, 6.45) is -7.54. The second-order valence-corrected chi connectivity index (χ2v) is 8.77. The molecule has 1 amide bonds. The third-order valence-electron chi connectivity index (χ3n) is 5.96. The number of esters is 4. The molecule has 0 aromatic heterocycles. The van der Waals surface area contributed by atoms with Crippen LogP contribution in [0.5, 0.6) is 5.75 Å². The van der Waals surface area contributed by atoms with Gasteiger partial charge in [-0.15, -0.1) is 0 Å². The molecule has 1 aromatic carbocycles. The molecular formula is C25H32N2O11. The molecule has 0 bridgehead atoms. The van der Waals surface area contributed by atoms with Gasteiger partial charge in [-0.05, 0) is 24.3 Å². The van der Waals surface area contributed by atoms with Crippen LogP contribution in [0.2, 0.25) is 0 Å². The second kappa shape index (κ2) is 12.6. The van der Waals surface area contributed by atoms with Gasteiger partial charge in [0.25, 0.3) is 5.91 Å². The SMILES string of the molecule is COc1ccc(N2CCN(C(=O)[C@H]3O[C@@H](OC(C)=O)[C@H](OC(C)=O)[C@@H](OC(C)=O)[C@@H]3OC(C)=O)CC2)cc1. The van der Waals surface area contributed by atoms with Crippen molar-refractivity contribution >= 4 is 35.5 Å². The van der Waals surface area contributed by atoms with Crippen molar-refractivity contribution < 1.29 is 52.4 Å². The molecule has 0 N–H and O–H groups in total. The van der Waals surface area contributed by atoms with E-state index >= 15 is 0 Å². The molecule has 2 aliphatic heterocycles. The van der Waals surface area contributed by atoms with Crippen molar-refractivity contribution in [3.05, 3.63) is 24.3 Å². The summed E-state index contributed by atoms with van der Waals surface area (Å²) in [5, 5.41) is 0. The lowest BCUT2D eigenvalue weighted by molar-refractivity contribution is -0.292. The molecule has 0 saturated carbocycles. The van der Waals surface area contributed by atoms with Gasteiger partial charge in [0.15, 0.2) is 18.3 Å². The smallest absolute Gasteiger partial charge is 0.305 e. The molecule has 2 heterocycles. The Balaban J connectivity index is 1.84. The van der Waals surface area contributed by atoms with Crippen molar-refractivity contribution in [3.63, 3.8) is 0 Å². The lowest BCUT2D eigenvalue weighted by Gasteiger charge is -2.45. The Kier molecular flexibility index (Phi) is 9.50. The predicted octanol–water partition coefficient (Wildman–Crippen LogP) is 0.427. The molecule has 1 aromatic rings. The quantitative estimate of drug-likeness (QED) is 0.351. The molecular weight excluding hydrogens is 504 g/mol. The maximum atomic E-state index is 13.6. The molecule has 2 fully saturated rings. The van der Waals surface area contributed by atoms with E-state index in [4.69, 9.17) is 28.4 Å². The van der Waals surface area contributed by atoms with Gasteiger partial charge in [-0.25, -0.2) is 0 Å². The van der Waals surface area contributed by atoms with Crippen LogP contribution in [0.3, 0.4) is 0 Å². The van der Waals surface area contributed by atoms with Crippen LogP contribution in [0.4, 0.5) is 5.69 Å².